The van der Waals surface area contributed by atoms with E-state index in [0.717, 1.165) is 24.5 Å². The molecule has 1 aliphatic rings. The van der Waals surface area contributed by atoms with Crippen LogP contribution in [0.5, 0.6) is 0 Å². The Hall–Kier alpha value is -2.38. The predicted molar refractivity (Wildman–Crippen MR) is 109 cm³/mol. The van der Waals surface area contributed by atoms with Crippen LogP contribution in [0.25, 0.3) is 0 Å². The summed E-state index contributed by atoms with van der Waals surface area (Å²) in [7, 11) is 1.38. The standard InChI is InChI=1S/C21H25N3O3S/c1-16(21(26)27-2)28-19-6-4-3-5-18(19)20(25)24-13-11-23(12-14-24)15-17-7-9-22-10-8-17/h3-10,16H,11-15H2,1-2H3. The normalized spacial score (nSPS) is 15.9. The third-order valence-corrected chi connectivity index (χ3v) is 5.93. The van der Waals surface area contributed by atoms with Gasteiger partial charge in [-0.05, 0) is 36.8 Å². The van der Waals surface area contributed by atoms with Gasteiger partial charge >= 0.3 is 5.97 Å². The van der Waals surface area contributed by atoms with Crippen LogP contribution in [0.15, 0.2) is 53.7 Å². The summed E-state index contributed by atoms with van der Waals surface area (Å²) in [6.45, 7) is 5.71. The van der Waals surface area contributed by atoms with Crippen LogP contribution >= 0.6 is 11.8 Å². The first-order valence-corrected chi connectivity index (χ1v) is 10.2. The summed E-state index contributed by atoms with van der Waals surface area (Å²) in [6.07, 6.45) is 3.61. The molecule has 0 spiro atoms. The van der Waals surface area contributed by atoms with Gasteiger partial charge in [0.2, 0.25) is 0 Å². The lowest BCUT2D eigenvalue weighted by molar-refractivity contribution is -0.139. The SMILES string of the molecule is COC(=O)C(C)Sc1ccccc1C(=O)N1CCN(Cc2ccncc2)CC1. The predicted octanol–water partition coefficient (Wildman–Crippen LogP) is 2.69. The minimum absolute atomic E-state index is 0.0173. The van der Waals surface area contributed by atoms with Crippen molar-refractivity contribution >= 4 is 23.6 Å². The highest BCUT2D eigenvalue weighted by Gasteiger charge is 2.25. The van der Waals surface area contributed by atoms with Crippen molar-refractivity contribution in [2.24, 2.45) is 0 Å². The van der Waals surface area contributed by atoms with E-state index in [9.17, 15) is 9.59 Å². The minimum Gasteiger partial charge on any atom is -0.468 e. The van der Waals surface area contributed by atoms with Crippen molar-refractivity contribution in [1.29, 1.82) is 0 Å². The highest BCUT2D eigenvalue weighted by molar-refractivity contribution is 8.00. The number of amides is 1. The first kappa shape index (κ1) is 20.4. The molecule has 1 fully saturated rings. The van der Waals surface area contributed by atoms with Crippen LogP contribution in [-0.2, 0) is 16.1 Å². The summed E-state index contributed by atoms with van der Waals surface area (Å²) in [4.78, 5) is 33.9. The van der Waals surface area contributed by atoms with Crippen molar-refractivity contribution in [1.82, 2.24) is 14.8 Å². The number of benzene rings is 1. The second kappa shape index (κ2) is 9.71. The molecule has 1 aromatic heterocycles. The third-order valence-electron chi connectivity index (χ3n) is 4.77. The summed E-state index contributed by atoms with van der Waals surface area (Å²) < 4.78 is 4.80. The van der Waals surface area contributed by atoms with Gasteiger partial charge in [0.05, 0.1) is 12.7 Å². The molecule has 0 aliphatic carbocycles. The molecule has 1 amide bonds. The summed E-state index contributed by atoms with van der Waals surface area (Å²) in [6, 6.07) is 11.5. The van der Waals surface area contributed by atoms with E-state index in [0.29, 0.717) is 18.7 Å². The zero-order chi connectivity index (χ0) is 19.9. The van der Waals surface area contributed by atoms with Crippen molar-refractivity contribution in [3.05, 3.63) is 59.9 Å². The molecule has 0 bridgehead atoms. The lowest BCUT2D eigenvalue weighted by atomic mass is 10.1. The molecule has 1 saturated heterocycles. The third kappa shape index (κ3) is 5.11. The molecule has 28 heavy (non-hydrogen) atoms. The van der Waals surface area contributed by atoms with E-state index >= 15 is 0 Å². The fourth-order valence-electron chi connectivity index (χ4n) is 3.18. The Morgan fingerprint density at radius 2 is 1.79 bits per heavy atom. The molecule has 2 aromatic rings. The Balaban J connectivity index is 1.61. The molecular weight excluding hydrogens is 374 g/mol. The van der Waals surface area contributed by atoms with Crippen LogP contribution in [0.2, 0.25) is 0 Å². The number of methoxy groups -OCH3 is 1. The highest BCUT2D eigenvalue weighted by atomic mass is 32.2. The van der Waals surface area contributed by atoms with Crippen LogP contribution < -0.4 is 0 Å². The van der Waals surface area contributed by atoms with E-state index in [-0.39, 0.29) is 17.1 Å². The Morgan fingerprint density at radius 1 is 1.11 bits per heavy atom. The molecule has 0 radical (unpaired) electrons. The maximum absolute atomic E-state index is 13.1. The molecule has 6 nitrogen and oxygen atoms in total. The second-order valence-electron chi connectivity index (χ2n) is 6.70. The fourth-order valence-corrected chi connectivity index (χ4v) is 4.19. The number of rotatable bonds is 6. The van der Waals surface area contributed by atoms with E-state index in [4.69, 9.17) is 4.74 Å². The molecule has 0 N–H and O–H groups in total. The lowest BCUT2D eigenvalue weighted by Gasteiger charge is -2.35. The number of thioether (sulfide) groups is 1. The maximum Gasteiger partial charge on any atom is 0.318 e. The van der Waals surface area contributed by atoms with Gasteiger partial charge in [-0.3, -0.25) is 19.5 Å². The van der Waals surface area contributed by atoms with Crippen molar-refractivity contribution in [2.45, 2.75) is 23.6 Å². The van der Waals surface area contributed by atoms with Crippen molar-refractivity contribution < 1.29 is 14.3 Å². The topological polar surface area (TPSA) is 62.7 Å². The summed E-state index contributed by atoms with van der Waals surface area (Å²) in [5.74, 6) is -0.277. The number of pyridine rings is 1. The second-order valence-corrected chi connectivity index (χ2v) is 8.09. The number of hydrogen-bond acceptors (Lipinski definition) is 6. The molecule has 1 unspecified atom stereocenters. The molecule has 1 atom stereocenters. The molecule has 148 valence electrons. The number of nitrogens with zero attached hydrogens (tertiary/aromatic N) is 3. The van der Waals surface area contributed by atoms with Crippen LogP contribution in [0.1, 0.15) is 22.8 Å². The number of ether oxygens (including phenoxy) is 1. The molecule has 2 heterocycles. The van der Waals surface area contributed by atoms with Crippen LogP contribution in [0.4, 0.5) is 0 Å². The van der Waals surface area contributed by atoms with Gasteiger partial charge < -0.3 is 9.64 Å². The van der Waals surface area contributed by atoms with E-state index in [1.165, 1.54) is 24.4 Å². The van der Waals surface area contributed by atoms with E-state index in [1.807, 2.05) is 41.3 Å². The van der Waals surface area contributed by atoms with E-state index < -0.39 is 0 Å². The van der Waals surface area contributed by atoms with Crippen molar-refractivity contribution in [3.63, 3.8) is 0 Å². The quantitative estimate of drug-likeness (QED) is 0.550. The Kier molecular flexibility index (Phi) is 7.06. The zero-order valence-corrected chi connectivity index (χ0v) is 17.0. The first-order valence-electron chi connectivity index (χ1n) is 9.32. The molecule has 1 aliphatic heterocycles. The average Bonchev–Trinajstić information content (AvgIpc) is 2.74. The monoisotopic (exact) mass is 399 g/mol. The average molecular weight is 400 g/mol. The number of esters is 1. The van der Waals surface area contributed by atoms with Gasteiger partial charge in [-0.2, -0.15) is 0 Å². The molecule has 1 aromatic carbocycles. The fraction of sp³-hybridized carbons (Fsp3) is 0.381. The number of piperazine rings is 1. The molecule has 7 heteroatoms. The maximum atomic E-state index is 13.1. The van der Waals surface area contributed by atoms with Crippen LogP contribution in [0.3, 0.4) is 0 Å². The Morgan fingerprint density at radius 3 is 2.46 bits per heavy atom. The van der Waals surface area contributed by atoms with Gasteiger partial charge in [-0.1, -0.05) is 12.1 Å². The number of hydrogen-bond donors (Lipinski definition) is 0. The Bertz CT molecular complexity index is 808. The largest absolute Gasteiger partial charge is 0.468 e. The minimum atomic E-state index is -0.365. The highest BCUT2D eigenvalue weighted by Crippen LogP contribution is 2.28. The first-order chi connectivity index (χ1) is 13.6. The molecular formula is C21H25N3O3S. The van der Waals surface area contributed by atoms with Gasteiger partial charge in [0.1, 0.15) is 5.25 Å². The summed E-state index contributed by atoms with van der Waals surface area (Å²) in [5.41, 5.74) is 1.87. The molecule has 0 saturated carbocycles. The summed E-state index contributed by atoms with van der Waals surface area (Å²) in [5, 5.41) is -0.365. The smallest absolute Gasteiger partial charge is 0.318 e. The summed E-state index contributed by atoms with van der Waals surface area (Å²) >= 11 is 1.36. The van der Waals surface area contributed by atoms with Gasteiger partial charge in [-0.15, -0.1) is 11.8 Å². The zero-order valence-electron chi connectivity index (χ0n) is 16.2. The van der Waals surface area contributed by atoms with Gasteiger partial charge in [-0.25, -0.2) is 0 Å². The number of aromatic nitrogens is 1. The van der Waals surface area contributed by atoms with Crippen LogP contribution in [-0.4, -0.2) is 65.2 Å². The van der Waals surface area contributed by atoms with Gasteiger partial charge in [0, 0.05) is 50.0 Å². The van der Waals surface area contributed by atoms with Gasteiger partial charge in [0.25, 0.3) is 5.91 Å². The number of carbonyl (C=O) groups excluding carboxylic acids is 2. The number of carbonyl (C=O) groups is 2. The van der Waals surface area contributed by atoms with E-state index in [1.54, 1.807) is 19.3 Å². The van der Waals surface area contributed by atoms with Crippen molar-refractivity contribution in [2.75, 3.05) is 33.3 Å². The van der Waals surface area contributed by atoms with Gasteiger partial charge in [0.15, 0.2) is 0 Å². The Labute approximate surface area is 169 Å². The van der Waals surface area contributed by atoms with Crippen LogP contribution in [0, 0.1) is 0 Å². The van der Waals surface area contributed by atoms with E-state index in [2.05, 4.69) is 9.88 Å². The van der Waals surface area contributed by atoms with Crippen molar-refractivity contribution in [3.8, 4) is 0 Å². The lowest BCUT2D eigenvalue weighted by Crippen LogP contribution is -2.48. The molecule has 3 rings (SSSR count).